The Hall–Kier alpha value is -4.59. The largest absolute Gasteiger partial charge is 0.383 e. The quantitative estimate of drug-likeness (QED) is 0.409. The van der Waals surface area contributed by atoms with Crippen molar-refractivity contribution in [1.29, 1.82) is 0 Å². The van der Waals surface area contributed by atoms with E-state index in [1.165, 1.54) is 4.68 Å². The lowest BCUT2D eigenvalue weighted by atomic mass is 10.1. The Morgan fingerprint density at radius 1 is 1.03 bits per heavy atom. The lowest BCUT2D eigenvalue weighted by Crippen LogP contribution is -2.14. The van der Waals surface area contributed by atoms with Gasteiger partial charge in [0, 0.05) is 23.6 Å². The van der Waals surface area contributed by atoms with Gasteiger partial charge in [0.05, 0.1) is 17.2 Å². The van der Waals surface area contributed by atoms with Gasteiger partial charge in [-0.1, -0.05) is 24.3 Å². The highest BCUT2D eigenvalue weighted by molar-refractivity contribution is 6.16. The van der Waals surface area contributed by atoms with Crippen molar-refractivity contribution in [2.45, 2.75) is 13.8 Å². The van der Waals surface area contributed by atoms with Crippen LogP contribution in [0.1, 0.15) is 27.0 Å². The molecule has 1 amide bonds. The van der Waals surface area contributed by atoms with Gasteiger partial charge in [0.15, 0.2) is 5.65 Å². The van der Waals surface area contributed by atoms with Crippen molar-refractivity contribution in [3.63, 3.8) is 0 Å². The van der Waals surface area contributed by atoms with Crippen molar-refractivity contribution in [3.8, 4) is 0 Å². The predicted octanol–water partition coefficient (Wildman–Crippen LogP) is 4.31. The summed E-state index contributed by atoms with van der Waals surface area (Å²) in [7, 11) is 0. The molecule has 2 aromatic carbocycles. The molecule has 0 aliphatic rings. The first kappa shape index (κ1) is 20.3. The summed E-state index contributed by atoms with van der Waals surface area (Å²) in [5.74, 6) is -0.218. The number of aryl methyl sites for hydroxylation is 2. The fourth-order valence-corrected chi connectivity index (χ4v) is 3.81. The zero-order chi connectivity index (χ0) is 22.9. The third-order valence-electron chi connectivity index (χ3n) is 5.19. The predicted molar refractivity (Wildman–Crippen MR) is 131 cm³/mol. The molecule has 0 spiro atoms. The summed E-state index contributed by atoms with van der Waals surface area (Å²) in [6.07, 6.45) is 4.98. The van der Waals surface area contributed by atoms with Crippen LogP contribution in [-0.2, 0) is 0 Å². The number of para-hydroxylation sites is 2. The first-order chi connectivity index (χ1) is 16.0. The van der Waals surface area contributed by atoms with Crippen LogP contribution >= 0.6 is 0 Å². The molecule has 8 nitrogen and oxygen atoms in total. The number of nitrogens with two attached hydrogens (primary N) is 1. The smallest absolute Gasteiger partial charge is 0.261 e. The zero-order valence-corrected chi connectivity index (χ0v) is 18.1. The second-order valence-corrected chi connectivity index (χ2v) is 7.82. The van der Waals surface area contributed by atoms with Crippen LogP contribution < -0.4 is 11.1 Å². The van der Waals surface area contributed by atoms with Crippen LogP contribution in [0, 0.1) is 13.8 Å². The fraction of sp³-hybridized carbons (Fsp3) is 0.0800. The Labute approximate surface area is 189 Å². The number of aromatic nitrogens is 4. The summed E-state index contributed by atoms with van der Waals surface area (Å²) in [6.45, 7) is 3.96. The number of rotatable bonds is 4. The van der Waals surface area contributed by atoms with E-state index in [-0.39, 0.29) is 17.3 Å². The first-order valence-electron chi connectivity index (χ1n) is 10.4. The van der Waals surface area contributed by atoms with Crippen molar-refractivity contribution in [2.24, 2.45) is 5.10 Å². The highest BCUT2D eigenvalue weighted by Gasteiger charge is 2.24. The van der Waals surface area contributed by atoms with Gasteiger partial charge in [-0.2, -0.15) is 9.78 Å². The molecule has 8 heteroatoms. The summed E-state index contributed by atoms with van der Waals surface area (Å²) < 4.78 is 1.44. The van der Waals surface area contributed by atoms with Gasteiger partial charge in [-0.15, -0.1) is 0 Å². The van der Waals surface area contributed by atoms with Crippen LogP contribution in [0.5, 0.6) is 0 Å². The number of hydrogen-bond donors (Lipinski definition) is 2. The van der Waals surface area contributed by atoms with E-state index >= 15 is 0 Å². The molecular weight excluding hydrogens is 414 g/mol. The molecule has 0 saturated carbocycles. The summed E-state index contributed by atoms with van der Waals surface area (Å²) in [5.41, 5.74) is 12.4. The molecule has 0 fully saturated rings. The number of nitrogens with zero attached hydrogens (tertiary/aromatic N) is 5. The second kappa shape index (κ2) is 8.16. The van der Waals surface area contributed by atoms with Crippen molar-refractivity contribution < 1.29 is 4.79 Å². The minimum absolute atomic E-state index is 0.155. The normalized spacial score (nSPS) is 11.5. The summed E-state index contributed by atoms with van der Waals surface area (Å²) in [6, 6.07) is 17.0. The molecule has 3 aromatic heterocycles. The molecule has 0 saturated heterocycles. The minimum atomic E-state index is -0.373. The number of hydrogen-bond acceptors (Lipinski definition) is 6. The van der Waals surface area contributed by atoms with E-state index in [1.54, 1.807) is 18.6 Å². The van der Waals surface area contributed by atoms with Gasteiger partial charge in [-0.3, -0.25) is 9.78 Å². The lowest BCUT2D eigenvalue weighted by molar-refractivity contribution is 0.102. The van der Waals surface area contributed by atoms with Gasteiger partial charge >= 0.3 is 0 Å². The standard InChI is InChI=1S/C25H21N7O/c1-15-10-16(2)12-18(11-15)29-25(33)21-22-24(31-20-8-4-3-7-19(20)30-22)32(23(21)26)28-14-17-6-5-9-27-13-17/h3-14H,26H2,1-2H3,(H,29,33)/b28-14-. The van der Waals surface area contributed by atoms with Gasteiger partial charge in [0.2, 0.25) is 0 Å². The van der Waals surface area contributed by atoms with Gasteiger partial charge in [0.25, 0.3) is 5.91 Å². The molecule has 5 rings (SSSR count). The molecule has 0 aliphatic carbocycles. The van der Waals surface area contributed by atoms with Crippen LogP contribution in [-0.4, -0.2) is 31.7 Å². The Bertz CT molecular complexity index is 1520. The molecule has 0 bridgehead atoms. The SMILES string of the molecule is Cc1cc(C)cc(NC(=O)c2c(N)n(/N=C\c3cccnc3)c3nc4ccccc4nc23)c1. The highest BCUT2D eigenvalue weighted by atomic mass is 16.1. The van der Waals surface area contributed by atoms with Gasteiger partial charge in [0.1, 0.15) is 16.9 Å². The molecule has 5 aromatic rings. The van der Waals surface area contributed by atoms with Crippen molar-refractivity contribution in [1.82, 2.24) is 19.6 Å². The number of benzene rings is 2. The molecule has 0 unspecified atom stereocenters. The van der Waals surface area contributed by atoms with E-state index in [0.29, 0.717) is 27.9 Å². The number of nitrogen functional groups attached to an aromatic ring is 1. The maximum Gasteiger partial charge on any atom is 0.261 e. The number of pyridine rings is 1. The van der Waals surface area contributed by atoms with E-state index in [9.17, 15) is 4.79 Å². The average Bonchev–Trinajstić information content (AvgIpc) is 3.06. The highest BCUT2D eigenvalue weighted by Crippen LogP contribution is 2.29. The Morgan fingerprint density at radius 3 is 2.45 bits per heavy atom. The molecule has 0 radical (unpaired) electrons. The van der Waals surface area contributed by atoms with Gasteiger partial charge < -0.3 is 11.1 Å². The molecular formula is C25H21N7O. The summed E-state index contributed by atoms with van der Waals surface area (Å²) >= 11 is 0. The van der Waals surface area contributed by atoms with Crippen molar-refractivity contribution in [3.05, 3.63) is 89.2 Å². The zero-order valence-electron chi connectivity index (χ0n) is 18.1. The Balaban J connectivity index is 1.67. The van der Waals surface area contributed by atoms with Crippen molar-refractivity contribution in [2.75, 3.05) is 11.1 Å². The van der Waals surface area contributed by atoms with E-state index < -0.39 is 0 Å². The Morgan fingerprint density at radius 2 is 1.76 bits per heavy atom. The first-order valence-corrected chi connectivity index (χ1v) is 10.4. The number of amides is 1. The van der Waals surface area contributed by atoms with E-state index in [2.05, 4.69) is 15.4 Å². The number of carbonyl (C=O) groups excluding carboxylic acids is 1. The lowest BCUT2D eigenvalue weighted by Gasteiger charge is -2.07. The second-order valence-electron chi connectivity index (χ2n) is 7.82. The molecule has 0 aliphatic heterocycles. The van der Waals surface area contributed by atoms with Crippen LogP contribution in [0.4, 0.5) is 11.5 Å². The van der Waals surface area contributed by atoms with E-state index in [1.807, 2.05) is 68.4 Å². The van der Waals surface area contributed by atoms with Gasteiger partial charge in [-0.05, 0) is 55.3 Å². The third kappa shape index (κ3) is 3.89. The van der Waals surface area contributed by atoms with Crippen LogP contribution in [0.15, 0.2) is 72.1 Å². The number of anilines is 2. The summed E-state index contributed by atoms with van der Waals surface area (Å²) in [4.78, 5) is 26.9. The average molecular weight is 435 g/mol. The fourth-order valence-electron chi connectivity index (χ4n) is 3.81. The van der Waals surface area contributed by atoms with Crippen LogP contribution in [0.25, 0.3) is 22.2 Å². The van der Waals surface area contributed by atoms with Crippen molar-refractivity contribution >= 4 is 45.8 Å². The maximum atomic E-state index is 13.4. The molecule has 3 N–H and O–H groups in total. The minimum Gasteiger partial charge on any atom is -0.383 e. The van der Waals surface area contributed by atoms with E-state index in [0.717, 1.165) is 16.7 Å². The topological polar surface area (TPSA) is 111 Å². The third-order valence-corrected chi connectivity index (χ3v) is 5.19. The van der Waals surface area contributed by atoms with E-state index in [4.69, 9.17) is 15.7 Å². The maximum absolute atomic E-state index is 13.4. The number of fused-ring (bicyclic) bond motifs is 2. The Kier molecular flexibility index (Phi) is 5.02. The number of carbonyl (C=O) groups is 1. The molecule has 3 heterocycles. The van der Waals surface area contributed by atoms with Crippen LogP contribution in [0.2, 0.25) is 0 Å². The molecule has 33 heavy (non-hydrogen) atoms. The summed E-state index contributed by atoms with van der Waals surface area (Å²) in [5, 5.41) is 7.44. The van der Waals surface area contributed by atoms with Gasteiger partial charge in [-0.25, -0.2) is 9.97 Å². The van der Waals surface area contributed by atoms with Crippen LogP contribution in [0.3, 0.4) is 0 Å². The monoisotopic (exact) mass is 435 g/mol. The molecule has 162 valence electrons. The molecule has 0 atom stereocenters. The number of nitrogens with one attached hydrogen (secondary N) is 1.